The highest BCUT2D eigenvalue weighted by atomic mass is 32.1. The molecular formula is C23H27F3N4O3S. The van der Waals surface area contributed by atoms with E-state index in [4.69, 9.17) is 0 Å². The average molecular weight is 497 g/mol. The second-order valence-electron chi connectivity index (χ2n) is 8.51. The predicted molar refractivity (Wildman–Crippen MR) is 121 cm³/mol. The number of amides is 2. The monoisotopic (exact) mass is 496 g/mol. The summed E-state index contributed by atoms with van der Waals surface area (Å²) in [4.78, 5) is 27.9. The smallest absolute Gasteiger partial charge is 0.406 e. The summed E-state index contributed by atoms with van der Waals surface area (Å²) in [6, 6.07) is 9.58. The molecule has 34 heavy (non-hydrogen) atoms. The molecule has 0 spiro atoms. The number of nitrogens with zero attached hydrogens (tertiary/aromatic N) is 1. The van der Waals surface area contributed by atoms with Crippen molar-refractivity contribution in [3.05, 3.63) is 52.2 Å². The summed E-state index contributed by atoms with van der Waals surface area (Å²) in [7, 11) is 0. The fourth-order valence-electron chi connectivity index (χ4n) is 4.45. The summed E-state index contributed by atoms with van der Waals surface area (Å²) < 4.78 is 40.8. The lowest BCUT2D eigenvalue weighted by Gasteiger charge is -2.37. The summed E-state index contributed by atoms with van der Waals surface area (Å²) in [6.45, 7) is 2.18. The van der Waals surface area contributed by atoms with Gasteiger partial charge < -0.3 is 20.7 Å². The third kappa shape index (κ3) is 6.71. The average Bonchev–Trinajstić information content (AvgIpc) is 3.46. The fraction of sp³-hybridized carbons (Fsp3) is 0.478. The number of thiophene rings is 1. The molecule has 0 radical (unpaired) electrons. The van der Waals surface area contributed by atoms with Crippen molar-refractivity contribution in [3.63, 3.8) is 0 Å². The van der Waals surface area contributed by atoms with Crippen molar-refractivity contribution < 1.29 is 27.5 Å². The first-order chi connectivity index (χ1) is 16.3. The van der Waals surface area contributed by atoms with Crippen LogP contribution < -0.4 is 20.7 Å². The normalized spacial score (nSPS) is 22.8. The Bertz CT molecular complexity index is 969. The van der Waals surface area contributed by atoms with Gasteiger partial charge in [-0.3, -0.25) is 14.5 Å². The minimum Gasteiger partial charge on any atom is -0.406 e. The zero-order valence-electron chi connectivity index (χ0n) is 18.4. The van der Waals surface area contributed by atoms with Crippen molar-refractivity contribution in [3.8, 4) is 5.75 Å². The van der Waals surface area contributed by atoms with Gasteiger partial charge in [0, 0.05) is 43.0 Å². The van der Waals surface area contributed by atoms with E-state index in [1.807, 2.05) is 17.5 Å². The number of ether oxygens (including phenoxy) is 1. The molecule has 0 saturated carbocycles. The van der Waals surface area contributed by atoms with Crippen LogP contribution in [-0.2, 0) is 22.7 Å². The lowest BCUT2D eigenvalue weighted by molar-refractivity contribution is -0.274. The van der Waals surface area contributed by atoms with Gasteiger partial charge in [0.05, 0.1) is 12.6 Å². The molecule has 3 atom stereocenters. The van der Waals surface area contributed by atoms with Gasteiger partial charge in [0.25, 0.3) is 0 Å². The molecule has 11 heteroatoms. The highest BCUT2D eigenvalue weighted by Crippen LogP contribution is 2.27. The van der Waals surface area contributed by atoms with Crippen LogP contribution in [0, 0.1) is 0 Å². The molecule has 1 aromatic carbocycles. The molecular weight excluding hydrogens is 469 g/mol. The number of piperazine rings is 1. The molecule has 2 amide bonds. The molecule has 184 valence electrons. The highest BCUT2D eigenvalue weighted by Gasteiger charge is 2.43. The van der Waals surface area contributed by atoms with E-state index in [0.717, 1.165) is 10.4 Å². The van der Waals surface area contributed by atoms with E-state index >= 15 is 0 Å². The van der Waals surface area contributed by atoms with Crippen LogP contribution in [0.2, 0.25) is 0 Å². The molecule has 0 bridgehead atoms. The van der Waals surface area contributed by atoms with Crippen LogP contribution in [0.15, 0.2) is 41.8 Å². The molecule has 2 aliphatic rings. The minimum atomic E-state index is -4.71. The van der Waals surface area contributed by atoms with Crippen LogP contribution in [0.1, 0.15) is 29.7 Å². The van der Waals surface area contributed by atoms with E-state index in [1.54, 1.807) is 23.5 Å². The van der Waals surface area contributed by atoms with E-state index in [-0.39, 0.29) is 35.7 Å². The van der Waals surface area contributed by atoms with Crippen molar-refractivity contribution in [2.75, 3.05) is 13.1 Å². The second-order valence-corrected chi connectivity index (χ2v) is 9.54. The largest absolute Gasteiger partial charge is 0.573 e. The highest BCUT2D eigenvalue weighted by molar-refractivity contribution is 7.09. The van der Waals surface area contributed by atoms with Crippen LogP contribution in [0.25, 0.3) is 0 Å². The second kappa shape index (κ2) is 10.7. The van der Waals surface area contributed by atoms with E-state index in [9.17, 15) is 22.8 Å². The molecule has 2 aromatic rings. The number of fused-ring (bicyclic) bond motifs is 1. The van der Waals surface area contributed by atoms with Crippen LogP contribution in [0.4, 0.5) is 13.2 Å². The van der Waals surface area contributed by atoms with Crippen LogP contribution in [0.3, 0.4) is 0 Å². The van der Waals surface area contributed by atoms with Crippen LogP contribution in [-0.4, -0.2) is 54.3 Å². The van der Waals surface area contributed by atoms with Gasteiger partial charge in [-0.05, 0) is 42.0 Å². The molecule has 7 nitrogen and oxygen atoms in total. The van der Waals surface area contributed by atoms with E-state index < -0.39 is 6.36 Å². The number of carbonyl (C=O) groups excluding carboxylic acids is 2. The number of rotatable bonds is 9. The molecule has 2 aliphatic heterocycles. The van der Waals surface area contributed by atoms with Gasteiger partial charge in [-0.2, -0.15) is 0 Å². The Kier molecular flexibility index (Phi) is 7.74. The van der Waals surface area contributed by atoms with E-state index in [0.29, 0.717) is 45.4 Å². The molecule has 4 rings (SSSR count). The maximum atomic E-state index is 12.4. The van der Waals surface area contributed by atoms with Crippen molar-refractivity contribution in [2.45, 2.75) is 56.8 Å². The van der Waals surface area contributed by atoms with E-state index in [2.05, 4.69) is 25.6 Å². The fourth-order valence-corrected chi connectivity index (χ4v) is 5.09. The Morgan fingerprint density at radius 3 is 2.71 bits per heavy atom. The maximum absolute atomic E-state index is 12.4. The molecule has 0 unspecified atom stereocenters. The van der Waals surface area contributed by atoms with Gasteiger partial charge in [-0.15, -0.1) is 24.5 Å². The summed E-state index contributed by atoms with van der Waals surface area (Å²) in [5, 5.41) is 11.3. The van der Waals surface area contributed by atoms with Crippen LogP contribution in [0.5, 0.6) is 5.75 Å². The SMILES string of the molecule is O=C(CC[C@H]1CNC(=O)[C@H]2C[C@H](NCc3ccc(OC(F)(F)F)cc3)CN12)NCc1cccs1. The zero-order chi connectivity index (χ0) is 24.1. The number of nitrogens with one attached hydrogen (secondary N) is 3. The maximum Gasteiger partial charge on any atom is 0.573 e. The standard InChI is InChI=1S/C23H27F3N4O3S/c24-23(25,26)33-18-6-3-15(4-7-18)11-27-16-10-20-22(32)29-12-17(30(20)14-16)5-8-21(31)28-13-19-2-1-9-34-19/h1-4,6-7,9,16-17,20,27H,5,8,10-14H2,(H,28,31)(H,29,32)/t16-,17-,20+/m0/s1. The number of hydrogen-bond acceptors (Lipinski definition) is 6. The molecule has 1 aromatic heterocycles. The molecule has 2 fully saturated rings. The Labute approximate surface area is 199 Å². The van der Waals surface area contributed by atoms with Gasteiger partial charge in [0.15, 0.2) is 0 Å². The lowest BCUT2D eigenvalue weighted by atomic mass is 10.0. The third-order valence-corrected chi connectivity index (χ3v) is 7.00. The molecule has 0 aliphatic carbocycles. The van der Waals surface area contributed by atoms with Crippen molar-refractivity contribution in [1.82, 2.24) is 20.9 Å². The number of halogens is 3. The summed E-state index contributed by atoms with van der Waals surface area (Å²) in [5.74, 6) is -0.266. The van der Waals surface area contributed by atoms with Gasteiger partial charge >= 0.3 is 6.36 Å². The van der Waals surface area contributed by atoms with Crippen molar-refractivity contribution >= 4 is 23.2 Å². The Hall–Kier alpha value is -2.63. The molecule has 2 saturated heterocycles. The number of benzene rings is 1. The Balaban J connectivity index is 1.24. The van der Waals surface area contributed by atoms with Gasteiger partial charge in [0.2, 0.25) is 11.8 Å². The van der Waals surface area contributed by atoms with Crippen molar-refractivity contribution in [1.29, 1.82) is 0 Å². The third-order valence-electron chi connectivity index (χ3n) is 6.12. The van der Waals surface area contributed by atoms with Crippen LogP contribution >= 0.6 is 11.3 Å². The topological polar surface area (TPSA) is 82.7 Å². The summed E-state index contributed by atoms with van der Waals surface area (Å²) in [6.07, 6.45) is -3.03. The summed E-state index contributed by atoms with van der Waals surface area (Å²) >= 11 is 1.60. The Morgan fingerprint density at radius 1 is 1.21 bits per heavy atom. The van der Waals surface area contributed by atoms with E-state index in [1.165, 1.54) is 12.1 Å². The minimum absolute atomic E-state index is 0.00338. The number of carbonyl (C=O) groups is 2. The number of hydrogen-bond donors (Lipinski definition) is 3. The first-order valence-electron chi connectivity index (χ1n) is 11.2. The van der Waals surface area contributed by atoms with Crippen molar-refractivity contribution in [2.24, 2.45) is 0 Å². The molecule has 3 heterocycles. The first-order valence-corrected chi connectivity index (χ1v) is 12.1. The van der Waals surface area contributed by atoms with Gasteiger partial charge in [-0.1, -0.05) is 18.2 Å². The predicted octanol–water partition coefficient (Wildman–Crippen LogP) is 2.77. The Morgan fingerprint density at radius 2 is 2.00 bits per heavy atom. The first kappa shape index (κ1) is 24.5. The molecule has 3 N–H and O–H groups in total. The lowest BCUT2D eigenvalue weighted by Crippen LogP contribution is -2.58. The van der Waals surface area contributed by atoms with Gasteiger partial charge in [0.1, 0.15) is 5.75 Å². The zero-order valence-corrected chi connectivity index (χ0v) is 19.3. The summed E-state index contributed by atoms with van der Waals surface area (Å²) in [5.41, 5.74) is 0.822. The van der Waals surface area contributed by atoms with Gasteiger partial charge in [-0.25, -0.2) is 0 Å². The quantitative estimate of drug-likeness (QED) is 0.498. The number of alkyl halides is 3.